The molecule has 1 atom stereocenters. The Morgan fingerprint density at radius 3 is 2.67 bits per heavy atom. The van der Waals surface area contributed by atoms with Crippen molar-refractivity contribution in [1.82, 2.24) is 10.6 Å². The van der Waals surface area contributed by atoms with Gasteiger partial charge in [-0.15, -0.1) is 0 Å². The summed E-state index contributed by atoms with van der Waals surface area (Å²) in [5, 5.41) is 5.91. The topological polar surface area (TPSA) is 58.2 Å². The van der Waals surface area contributed by atoms with Gasteiger partial charge in [-0.3, -0.25) is 9.59 Å². The van der Waals surface area contributed by atoms with E-state index < -0.39 is 5.54 Å². The fourth-order valence-electron chi connectivity index (χ4n) is 2.76. The summed E-state index contributed by atoms with van der Waals surface area (Å²) in [4.78, 5) is 24.3. The Bertz CT molecular complexity index is 510. The average Bonchev–Trinajstić information content (AvgIpc) is 2.68. The third kappa shape index (κ3) is 3.84. The van der Waals surface area contributed by atoms with Crippen molar-refractivity contribution in [3.63, 3.8) is 0 Å². The second-order valence-corrected chi connectivity index (χ2v) is 5.86. The van der Waals surface area contributed by atoms with Crippen molar-refractivity contribution < 1.29 is 9.59 Å². The predicted octanol–water partition coefficient (Wildman–Crippen LogP) is 2.45. The first-order valence-electron chi connectivity index (χ1n) is 7.70. The van der Waals surface area contributed by atoms with Crippen LogP contribution in [0.1, 0.15) is 50.2 Å². The molecule has 1 fully saturated rings. The lowest BCUT2D eigenvalue weighted by molar-refractivity contribution is -0.133. The lowest BCUT2D eigenvalue weighted by Crippen LogP contribution is -2.57. The van der Waals surface area contributed by atoms with E-state index in [1.807, 2.05) is 38.1 Å². The standard InChI is InChI=1S/C17H24N2O2/c1-3-17(11-5-4-6-15(20)19-17)16(21)18-12-14-9-7-13(2)8-10-14/h7-10H,3-6,11-12H2,1-2H3,(H,18,21)(H,19,20). The lowest BCUT2D eigenvalue weighted by Gasteiger charge is -2.31. The third-order valence-electron chi connectivity index (χ3n) is 4.25. The number of hydrogen-bond acceptors (Lipinski definition) is 2. The highest BCUT2D eigenvalue weighted by Gasteiger charge is 2.38. The summed E-state index contributed by atoms with van der Waals surface area (Å²) in [6.45, 7) is 4.49. The molecule has 1 aliphatic rings. The minimum atomic E-state index is -0.738. The molecule has 1 aliphatic heterocycles. The SMILES string of the molecule is CCC1(C(=O)NCc2ccc(C)cc2)CCCCC(=O)N1. The van der Waals surface area contributed by atoms with E-state index in [2.05, 4.69) is 10.6 Å². The zero-order valence-electron chi connectivity index (χ0n) is 12.9. The van der Waals surface area contributed by atoms with Crippen LogP contribution in [0.25, 0.3) is 0 Å². The van der Waals surface area contributed by atoms with E-state index in [0.29, 0.717) is 19.4 Å². The molecule has 2 N–H and O–H groups in total. The van der Waals surface area contributed by atoms with Gasteiger partial charge in [-0.25, -0.2) is 0 Å². The van der Waals surface area contributed by atoms with Gasteiger partial charge in [0, 0.05) is 13.0 Å². The summed E-state index contributed by atoms with van der Waals surface area (Å²) in [6.07, 6.45) is 3.63. The molecule has 0 aliphatic carbocycles. The number of hydrogen-bond donors (Lipinski definition) is 2. The monoisotopic (exact) mass is 288 g/mol. The Labute approximate surface area is 126 Å². The maximum Gasteiger partial charge on any atom is 0.246 e. The molecular weight excluding hydrogens is 264 g/mol. The molecule has 0 radical (unpaired) electrons. The molecule has 1 heterocycles. The van der Waals surface area contributed by atoms with Gasteiger partial charge in [-0.2, -0.15) is 0 Å². The van der Waals surface area contributed by atoms with Crippen LogP contribution in [0.3, 0.4) is 0 Å². The minimum absolute atomic E-state index is 0.0140. The first-order valence-corrected chi connectivity index (χ1v) is 7.70. The molecule has 1 unspecified atom stereocenters. The van der Waals surface area contributed by atoms with Gasteiger partial charge in [-0.1, -0.05) is 43.2 Å². The smallest absolute Gasteiger partial charge is 0.246 e. The van der Waals surface area contributed by atoms with Crippen LogP contribution in [0.2, 0.25) is 0 Å². The zero-order chi connectivity index (χ0) is 15.3. The fraction of sp³-hybridized carbons (Fsp3) is 0.529. The molecule has 0 aromatic heterocycles. The Balaban J connectivity index is 2.02. The molecule has 21 heavy (non-hydrogen) atoms. The van der Waals surface area contributed by atoms with Crippen LogP contribution in [0, 0.1) is 6.92 Å². The first-order chi connectivity index (χ1) is 10.1. The highest BCUT2D eigenvalue weighted by Crippen LogP contribution is 2.23. The van der Waals surface area contributed by atoms with Gasteiger partial charge < -0.3 is 10.6 Å². The van der Waals surface area contributed by atoms with Crippen LogP contribution in [0.15, 0.2) is 24.3 Å². The van der Waals surface area contributed by atoms with E-state index in [4.69, 9.17) is 0 Å². The maximum atomic E-state index is 12.6. The van der Waals surface area contributed by atoms with E-state index in [1.165, 1.54) is 5.56 Å². The number of carbonyl (C=O) groups excluding carboxylic acids is 2. The minimum Gasteiger partial charge on any atom is -0.350 e. The molecule has 4 heteroatoms. The van der Waals surface area contributed by atoms with Crippen LogP contribution in [-0.2, 0) is 16.1 Å². The molecule has 4 nitrogen and oxygen atoms in total. The van der Waals surface area contributed by atoms with Crippen molar-refractivity contribution in [3.05, 3.63) is 35.4 Å². The van der Waals surface area contributed by atoms with Gasteiger partial charge in [-0.05, 0) is 31.7 Å². The molecular formula is C17H24N2O2. The van der Waals surface area contributed by atoms with Gasteiger partial charge in [0.2, 0.25) is 11.8 Å². The molecule has 1 aromatic rings. The number of rotatable bonds is 4. The Morgan fingerprint density at radius 2 is 2.00 bits per heavy atom. The molecule has 2 amide bonds. The lowest BCUT2D eigenvalue weighted by atomic mass is 9.89. The molecule has 0 saturated carbocycles. The normalized spacial score (nSPS) is 22.3. The van der Waals surface area contributed by atoms with Gasteiger partial charge in [0.05, 0.1) is 0 Å². The highest BCUT2D eigenvalue weighted by atomic mass is 16.2. The average molecular weight is 288 g/mol. The number of amides is 2. The predicted molar refractivity (Wildman–Crippen MR) is 82.7 cm³/mol. The van der Waals surface area contributed by atoms with E-state index in [9.17, 15) is 9.59 Å². The molecule has 0 bridgehead atoms. The Morgan fingerprint density at radius 1 is 1.29 bits per heavy atom. The quantitative estimate of drug-likeness (QED) is 0.894. The number of benzene rings is 1. The van der Waals surface area contributed by atoms with Gasteiger partial charge in [0.15, 0.2) is 0 Å². The van der Waals surface area contributed by atoms with Crippen LogP contribution >= 0.6 is 0 Å². The third-order valence-corrected chi connectivity index (χ3v) is 4.25. The summed E-state index contributed by atoms with van der Waals surface area (Å²) in [5.41, 5.74) is 1.53. The van der Waals surface area contributed by atoms with Crippen molar-refractivity contribution in [1.29, 1.82) is 0 Å². The second kappa shape index (κ2) is 6.74. The van der Waals surface area contributed by atoms with Crippen LogP contribution < -0.4 is 10.6 Å². The van der Waals surface area contributed by atoms with E-state index in [-0.39, 0.29) is 11.8 Å². The van der Waals surface area contributed by atoms with E-state index in [0.717, 1.165) is 24.8 Å². The largest absolute Gasteiger partial charge is 0.350 e. The fourth-order valence-corrected chi connectivity index (χ4v) is 2.76. The van der Waals surface area contributed by atoms with Gasteiger partial charge >= 0.3 is 0 Å². The van der Waals surface area contributed by atoms with E-state index in [1.54, 1.807) is 0 Å². The first kappa shape index (κ1) is 15.5. The highest BCUT2D eigenvalue weighted by molar-refractivity contribution is 5.91. The Hall–Kier alpha value is -1.84. The van der Waals surface area contributed by atoms with Crippen LogP contribution in [0.5, 0.6) is 0 Å². The summed E-state index contributed by atoms with van der Waals surface area (Å²) in [5.74, 6) is -0.0827. The van der Waals surface area contributed by atoms with Crippen LogP contribution in [0.4, 0.5) is 0 Å². The molecule has 2 rings (SSSR count). The summed E-state index contributed by atoms with van der Waals surface area (Å²) in [7, 11) is 0. The summed E-state index contributed by atoms with van der Waals surface area (Å²) < 4.78 is 0. The maximum absolute atomic E-state index is 12.6. The van der Waals surface area contributed by atoms with Gasteiger partial charge in [0.25, 0.3) is 0 Å². The molecule has 1 saturated heterocycles. The summed E-state index contributed by atoms with van der Waals surface area (Å²) >= 11 is 0. The Kier molecular flexibility index (Phi) is 4.99. The zero-order valence-corrected chi connectivity index (χ0v) is 12.9. The van der Waals surface area contributed by atoms with Gasteiger partial charge in [0.1, 0.15) is 5.54 Å². The second-order valence-electron chi connectivity index (χ2n) is 5.86. The number of nitrogens with one attached hydrogen (secondary N) is 2. The molecule has 0 spiro atoms. The van der Waals surface area contributed by atoms with Crippen LogP contribution in [-0.4, -0.2) is 17.4 Å². The molecule has 1 aromatic carbocycles. The van der Waals surface area contributed by atoms with Crippen molar-refractivity contribution in [2.45, 2.75) is 58.0 Å². The number of aryl methyl sites for hydroxylation is 1. The van der Waals surface area contributed by atoms with Crippen molar-refractivity contribution in [2.75, 3.05) is 0 Å². The van der Waals surface area contributed by atoms with Crippen molar-refractivity contribution in [2.24, 2.45) is 0 Å². The van der Waals surface area contributed by atoms with Crippen molar-refractivity contribution in [3.8, 4) is 0 Å². The van der Waals surface area contributed by atoms with E-state index >= 15 is 0 Å². The number of carbonyl (C=O) groups is 2. The van der Waals surface area contributed by atoms with Crippen molar-refractivity contribution >= 4 is 11.8 Å². The summed E-state index contributed by atoms with van der Waals surface area (Å²) in [6, 6.07) is 8.09. The molecule has 114 valence electrons.